The number of hydrogen-bond donors (Lipinski definition) is 0. The van der Waals surface area contributed by atoms with Crippen LogP contribution in [0.5, 0.6) is 0 Å². The van der Waals surface area contributed by atoms with E-state index in [0.717, 1.165) is 31.2 Å². The molecule has 2 aliphatic rings. The molecular formula is C22H25ClN2O3S. The molecule has 0 aromatic heterocycles. The highest BCUT2D eigenvalue weighted by Crippen LogP contribution is 2.42. The third-order valence-electron chi connectivity index (χ3n) is 6.17. The van der Waals surface area contributed by atoms with E-state index in [2.05, 4.69) is 0 Å². The Bertz CT molecular complexity index is 980. The van der Waals surface area contributed by atoms with Gasteiger partial charge >= 0.3 is 0 Å². The number of piperazine rings is 1. The molecule has 0 bridgehead atoms. The zero-order valence-electron chi connectivity index (χ0n) is 16.3. The predicted molar refractivity (Wildman–Crippen MR) is 113 cm³/mol. The Morgan fingerprint density at radius 3 is 2.07 bits per heavy atom. The average Bonchev–Trinajstić information content (AvgIpc) is 3.25. The largest absolute Gasteiger partial charge is 0.339 e. The maximum atomic E-state index is 13.5. The van der Waals surface area contributed by atoms with Gasteiger partial charge in [0.1, 0.15) is 4.90 Å². The quantitative estimate of drug-likeness (QED) is 0.740. The lowest BCUT2D eigenvalue weighted by Gasteiger charge is -2.39. The molecule has 29 heavy (non-hydrogen) atoms. The standard InChI is InChI=1S/C22H25ClN2O3S/c23-19-10-4-5-11-20(19)29(27,28)25-16-14-24(15-17-25)21(26)22(12-6-7-13-22)18-8-2-1-3-9-18/h1-5,8-11H,6-7,12-17H2. The van der Waals surface area contributed by atoms with Gasteiger partial charge in [-0.25, -0.2) is 8.42 Å². The maximum absolute atomic E-state index is 13.5. The first kappa shape index (κ1) is 20.4. The Balaban J connectivity index is 1.51. The van der Waals surface area contributed by atoms with Crippen LogP contribution in [-0.2, 0) is 20.2 Å². The summed E-state index contributed by atoms with van der Waals surface area (Å²) in [6.45, 7) is 1.36. The third kappa shape index (κ3) is 3.69. The molecule has 0 atom stereocenters. The molecule has 154 valence electrons. The second-order valence-corrected chi connectivity index (χ2v) is 10.1. The fraction of sp³-hybridized carbons (Fsp3) is 0.409. The van der Waals surface area contributed by atoms with Gasteiger partial charge in [-0.1, -0.05) is 66.9 Å². The smallest absolute Gasteiger partial charge is 0.244 e. The molecule has 2 aromatic carbocycles. The summed E-state index contributed by atoms with van der Waals surface area (Å²) < 4.78 is 27.4. The molecule has 0 spiro atoms. The number of carbonyl (C=O) groups excluding carboxylic acids is 1. The van der Waals surface area contributed by atoms with E-state index < -0.39 is 15.4 Å². The number of halogens is 1. The minimum Gasteiger partial charge on any atom is -0.339 e. The highest BCUT2D eigenvalue weighted by Gasteiger charge is 2.45. The molecule has 1 aliphatic carbocycles. The number of rotatable bonds is 4. The Morgan fingerprint density at radius 1 is 0.862 bits per heavy atom. The van der Waals surface area contributed by atoms with E-state index in [4.69, 9.17) is 11.6 Å². The van der Waals surface area contributed by atoms with Gasteiger partial charge in [0.05, 0.1) is 10.4 Å². The normalized spacial score (nSPS) is 20.0. The van der Waals surface area contributed by atoms with Crippen molar-refractivity contribution >= 4 is 27.5 Å². The van der Waals surface area contributed by atoms with Crippen LogP contribution < -0.4 is 0 Å². The van der Waals surface area contributed by atoms with Gasteiger partial charge < -0.3 is 4.90 Å². The molecule has 4 rings (SSSR count). The summed E-state index contributed by atoms with van der Waals surface area (Å²) in [5, 5.41) is 0.222. The molecule has 1 heterocycles. The second-order valence-electron chi connectivity index (χ2n) is 7.78. The molecule has 7 heteroatoms. The molecule has 2 aromatic rings. The summed E-state index contributed by atoms with van der Waals surface area (Å²) in [5.74, 6) is 0.135. The molecular weight excluding hydrogens is 408 g/mol. The zero-order valence-corrected chi connectivity index (χ0v) is 17.8. The average molecular weight is 433 g/mol. The van der Waals surface area contributed by atoms with E-state index in [0.29, 0.717) is 13.1 Å². The summed E-state index contributed by atoms with van der Waals surface area (Å²) >= 11 is 6.11. The Morgan fingerprint density at radius 2 is 1.45 bits per heavy atom. The summed E-state index contributed by atoms with van der Waals surface area (Å²) in [6.07, 6.45) is 3.80. The van der Waals surface area contributed by atoms with Gasteiger partial charge in [-0.3, -0.25) is 4.79 Å². The highest BCUT2D eigenvalue weighted by atomic mass is 35.5. The van der Waals surface area contributed by atoms with E-state index in [1.165, 1.54) is 10.4 Å². The first-order chi connectivity index (χ1) is 13.9. The van der Waals surface area contributed by atoms with Crippen LogP contribution >= 0.6 is 11.6 Å². The lowest BCUT2D eigenvalue weighted by molar-refractivity contribution is -0.138. The fourth-order valence-corrected chi connectivity index (χ4v) is 6.50. The van der Waals surface area contributed by atoms with Crippen molar-refractivity contribution in [2.75, 3.05) is 26.2 Å². The molecule has 0 radical (unpaired) electrons. The van der Waals surface area contributed by atoms with Crippen LogP contribution in [0.1, 0.15) is 31.2 Å². The van der Waals surface area contributed by atoms with Crippen molar-refractivity contribution in [3.63, 3.8) is 0 Å². The summed E-state index contributed by atoms with van der Waals surface area (Å²) in [4.78, 5) is 15.5. The van der Waals surface area contributed by atoms with Crippen LogP contribution in [0.2, 0.25) is 5.02 Å². The van der Waals surface area contributed by atoms with Crippen molar-refractivity contribution in [2.24, 2.45) is 0 Å². The number of carbonyl (C=O) groups is 1. The number of sulfonamides is 1. The number of hydrogen-bond acceptors (Lipinski definition) is 3. The van der Waals surface area contributed by atoms with E-state index >= 15 is 0 Å². The van der Waals surface area contributed by atoms with E-state index in [-0.39, 0.29) is 28.9 Å². The van der Waals surface area contributed by atoms with Crippen molar-refractivity contribution < 1.29 is 13.2 Å². The molecule has 1 saturated carbocycles. The van der Waals surface area contributed by atoms with E-state index in [1.807, 2.05) is 35.2 Å². The third-order valence-corrected chi connectivity index (χ3v) is 8.57. The topological polar surface area (TPSA) is 57.7 Å². The summed E-state index contributed by atoms with van der Waals surface area (Å²) in [7, 11) is -3.66. The minimum atomic E-state index is -3.66. The van der Waals surface area contributed by atoms with Gasteiger partial charge in [0, 0.05) is 26.2 Å². The Kier molecular flexibility index (Phi) is 5.69. The molecule has 1 amide bonds. The monoisotopic (exact) mass is 432 g/mol. The molecule has 1 saturated heterocycles. The number of amides is 1. The van der Waals surface area contributed by atoms with Crippen molar-refractivity contribution in [2.45, 2.75) is 36.0 Å². The first-order valence-corrected chi connectivity index (χ1v) is 11.9. The summed E-state index contributed by atoms with van der Waals surface area (Å²) in [6, 6.07) is 16.5. The van der Waals surface area contributed by atoms with Gasteiger partial charge in [-0.05, 0) is 30.5 Å². The van der Waals surface area contributed by atoms with Crippen LogP contribution in [-0.4, -0.2) is 49.7 Å². The number of nitrogens with zero attached hydrogens (tertiary/aromatic N) is 2. The molecule has 0 N–H and O–H groups in total. The SMILES string of the molecule is O=C(N1CCN(S(=O)(=O)c2ccccc2Cl)CC1)C1(c2ccccc2)CCCC1. The lowest BCUT2D eigenvalue weighted by Crippen LogP contribution is -2.55. The molecule has 2 fully saturated rings. The maximum Gasteiger partial charge on any atom is 0.244 e. The van der Waals surface area contributed by atoms with E-state index in [9.17, 15) is 13.2 Å². The van der Waals surface area contributed by atoms with E-state index in [1.54, 1.807) is 18.2 Å². The van der Waals surface area contributed by atoms with Gasteiger partial charge in [0.2, 0.25) is 15.9 Å². The Hall–Kier alpha value is -1.89. The minimum absolute atomic E-state index is 0.123. The van der Waals surface area contributed by atoms with Gasteiger partial charge in [-0.15, -0.1) is 0 Å². The zero-order chi connectivity index (χ0) is 20.5. The van der Waals surface area contributed by atoms with Gasteiger partial charge in [-0.2, -0.15) is 4.31 Å². The fourth-order valence-electron chi connectivity index (χ4n) is 4.59. The highest BCUT2D eigenvalue weighted by molar-refractivity contribution is 7.89. The molecule has 0 unspecified atom stereocenters. The molecule has 1 aliphatic heterocycles. The van der Waals surface area contributed by atoms with Crippen LogP contribution in [0, 0.1) is 0 Å². The van der Waals surface area contributed by atoms with Crippen molar-refractivity contribution in [3.8, 4) is 0 Å². The van der Waals surface area contributed by atoms with Crippen LogP contribution in [0.15, 0.2) is 59.5 Å². The van der Waals surface area contributed by atoms with Crippen LogP contribution in [0.4, 0.5) is 0 Å². The number of benzene rings is 2. The molecule has 5 nitrogen and oxygen atoms in total. The van der Waals surface area contributed by atoms with Crippen molar-refractivity contribution in [3.05, 3.63) is 65.2 Å². The van der Waals surface area contributed by atoms with Crippen LogP contribution in [0.25, 0.3) is 0 Å². The second kappa shape index (κ2) is 8.09. The lowest BCUT2D eigenvalue weighted by atomic mass is 9.77. The first-order valence-electron chi connectivity index (χ1n) is 10.0. The van der Waals surface area contributed by atoms with Crippen LogP contribution in [0.3, 0.4) is 0 Å². The summed E-state index contributed by atoms with van der Waals surface area (Å²) in [5.41, 5.74) is 0.610. The predicted octanol–water partition coefficient (Wildman–Crippen LogP) is 3.68. The Labute approximate surface area is 177 Å². The van der Waals surface area contributed by atoms with Gasteiger partial charge in [0.15, 0.2) is 0 Å². The van der Waals surface area contributed by atoms with Crippen molar-refractivity contribution in [1.82, 2.24) is 9.21 Å². The van der Waals surface area contributed by atoms with Gasteiger partial charge in [0.25, 0.3) is 0 Å². The van der Waals surface area contributed by atoms with Crippen molar-refractivity contribution in [1.29, 1.82) is 0 Å².